The number of amidine groups is 1. The number of nitrogens with two attached hydrogens (primary N) is 1. The quantitative estimate of drug-likeness (QED) is 0.319. The molecule has 94 valence electrons. The number of pyridine rings is 1. The van der Waals surface area contributed by atoms with E-state index in [2.05, 4.69) is 10.1 Å². The van der Waals surface area contributed by atoms with Gasteiger partial charge in [0.15, 0.2) is 5.84 Å². The first-order chi connectivity index (χ1) is 7.97. The number of anilines is 1. The second-order valence-corrected chi connectivity index (χ2v) is 4.09. The van der Waals surface area contributed by atoms with Gasteiger partial charge in [-0.25, -0.2) is 4.98 Å². The van der Waals surface area contributed by atoms with Crippen LogP contribution < -0.4 is 10.6 Å². The number of hydrogen-bond donors (Lipinski definition) is 3. The van der Waals surface area contributed by atoms with Gasteiger partial charge >= 0.3 is 0 Å². The summed E-state index contributed by atoms with van der Waals surface area (Å²) in [5, 5.41) is 21.1. The predicted molar refractivity (Wildman–Crippen MR) is 66.7 cm³/mol. The van der Waals surface area contributed by atoms with E-state index in [4.69, 9.17) is 22.5 Å². The highest BCUT2D eigenvalue weighted by molar-refractivity contribution is 6.36. The van der Waals surface area contributed by atoms with Gasteiger partial charge in [-0.1, -0.05) is 16.8 Å². The van der Waals surface area contributed by atoms with E-state index >= 15 is 0 Å². The molecule has 0 aliphatic rings. The summed E-state index contributed by atoms with van der Waals surface area (Å²) in [7, 11) is 1.75. The third kappa shape index (κ3) is 3.21. The van der Waals surface area contributed by atoms with Gasteiger partial charge in [-0.3, -0.25) is 0 Å². The summed E-state index contributed by atoms with van der Waals surface area (Å²) >= 11 is 6.10. The van der Waals surface area contributed by atoms with E-state index in [-0.39, 0.29) is 10.9 Å². The maximum Gasteiger partial charge on any atom is 0.171 e. The summed E-state index contributed by atoms with van der Waals surface area (Å²) in [5.74, 6) is 0.390. The molecule has 0 saturated heterocycles. The monoisotopic (exact) mass is 258 g/mol. The molecule has 0 bridgehead atoms. The Labute approximate surface area is 104 Å². The second-order valence-electron chi connectivity index (χ2n) is 3.71. The van der Waals surface area contributed by atoms with E-state index in [9.17, 15) is 5.11 Å². The molecule has 0 aliphatic heterocycles. The van der Waals surface area contributed by atoms with Crippen molar-refractivity contribution in [1.82, 2.24) is 4.98 Å². The van der Waals surface area contributed by atoms with Crippen molar-refractivity contribution in [2.75, 3.05) is 18.5 Å². The van der Waals surface area contributed by atoms with Crippen molar-refractivity contribution in [2.24, 2.45) is 10.9 Å². The number of nitrogens with zero attached hydrogens (tertiary/aromatic N) is 3. The van der Waals surface area contributed by atoms with Crippen molar-refractivity contribution in [3.8, 4) is 0 Å². The van der Waals surface area contributed by atoms with Crippen molar-refractivity contribution < 1.29 is 10.3 Å². The van der Waals surface area contributed by atoms with Gasteiger partial charge in [-0.2, -0.15) is 0 Å². The highest BCUT2D eigenvalue weighted by Crippen LogP contribution is 2.26. The third-order valence-electron chi connectivity index (χ3n) is 2.15. The van der Waals surface area contributed by atoms with E-state index < -0.39 is 6.10 Å². The standard InChI is InChI=1S/C10H15ClN4O2/c1-6(16)5-15(2)10-8(11)7(3-4-13-10)9(12)14-17/h3-4,6,16-17H,5H2,1-2H3,(H2,12,14). The molecular formula is C10H15ClN4O2. The van der Waals surface area contributed by atoms with Gasteiger partial charge in [0, 0.05) is 25.4 Å². The maximum atomic E-state index is 9.30. The van der Waals surface area contributed by atoms with Crippen molar-refractivity contribution in [3.05, 3.63) is 22.8 Å². The lowest BCUT2D eigenvalue weighted by molar-refractivity contribution is 0.201. The first kappa shape index (κ1) is 13.5. The van der Waals surface area contributed by atoms with Gasteiger partial charge in [0.05, 0.1) is 11.1 Å². The SMILES string of the molecule is CC(O)CN(C)c1nccc(/C(N)=N/O)c1Cl. The van der Waals surface area contributed by atoms with Gasteiger partial charge in [0.2, 0.25) is 0 Å². The molecule has 0 fully saturated rings. The second kappa shape index (κ2) is 5.70. The first-order valence-electron chi connectivity index (χ1n) is 4.99. The lowest BCUT2D eigenvalue weighted by atomic mass is 10.2. The molecule has 6 nitrogen and oxygen atoms in total. The molecule has 1 rings (SSSR count). The summed E-state index contributed by atoms with van der Waals surface area (Å²) in [6, 6.07) is 1.55. The van der Waals surface area contributed by atoms with Crippen molar-refractivity contribution >= 4 is 23.3 Å². The molecule has 0 aromatic carbocycles. The zero-order valence-corrected chi connectivity index (χ0v) is 10.4. The van der Waals surface area contributed by atoms with E-state index in [1.807, 2.05) is 0 Å². The molecule has 1 heterocycles. The summed E-state index contributed by atoms with van der Waals surface area (Å²) in [6.45, 7) is 2.05. The van der Waals surface area contributed by atoms with Gasteiger partial charge in [0.1, 0.15) is 5.82 Å². The largest absolute Gasteiger partial charge is 0.409 e. The van der Waals surface area contributed by atoms with Crippen LogP contribution in [0.4, 0.5) is 5.82 Å². The fourth-order valence-corrected chi connectivity index (χ4v) is 1.79. The van der Waals surface area contributed by atoms with E-state index in [1.54, 1.807) is 24.9 Å². The van der Waals surface area contributed by atoms with E-state index in [1.165, 1.54) is 6.20 Å². The molecule has 1 aromatic heterocycles. The molecule has 0 amide bonds. The van der Waals surface area contributed by atoms with Crippen molar-refractivity contribution in [1.29, 1.82) is 0 Å². The number of hydrogen-bond acceptors (Lipinski definition) is 5. The van der Waals surface area contributed by atoms with Gasteiger partial charge < -0.3 is 20.9 Å². The van der Waals surface area contributed by atoms with Gasteiger partial charge in [-0.05, 0) is 13.0 Å². The van der Waals surface area contributed by atoms with Gasteiger partial charge in [0.25, 0.3) is 0 Å². The molecule has 17 heavy (non-hydrogen) atoms. The average Bonchev–Trinajstić information content (AvgIpc) is 2.27. The molecule has 7 heteroatoms. The average molecular weight is 259 g/mol. The Morgan fingerprint density at radius 2 is 2.35 bits per heavy atom. The van der Waals surface area contributed by atoms with Crippen LogP contribution >= 0.6 is 11.6 Å². The van der Waals surface area contributed by atoms with Crippen LogP contribution in [-0.4, -0.2) is 40.8 Å². The van der Waals surface area contributed by atoms with Gasteiger partial charge in [-0.15, -0.1) is 0 Å². The highest BCUT2D eigenvalue weighted by atomic mass is 35.5. The molecule has 0 radical (unpaired) electrons. The number of rotatable bonds is 4. The van der Waals surface area contributed by atoms with E-state index in [0.29, 0.717) is 17.9 Å². The minimum Gasteiger partial charge on any atom is -0.409 e. The zero-order valence-electron chi connectivity index (χ0n) is 9.63. The lowest BCUT2D eigenvalue weighted by Gasteiger charge is -2.21. The normalized spacial score (nSPS) is 13.5. The third-order valence-corrected chi connectivity index (χ3v) is 2.53. The Hall–Kier alpha value is -1.53. The molecular weight excluding hydrogens is 244 g/mol. The van der Waals surface area contributed by atoms with Crippen LogP contribution in [0.1, 0.15) is 12.5 Å². The number of aliphatic hydroxyl groups is 1. The smallest absolute Gasteiger partial charge is 0.171 e. The molecule has 4 N–H and O–H groups in total. The van der Waals surface area contributed by atoms with E-state index in [0.717, 1.165) is 0 Å². The molecule has 0 spiro atoms. The Kier molecular flexibility index (Phi) is 4.53. The van der Waals surface area contributed by atoms with Crippen LogP contribution in [0.3, 0.4) is 0 Å². The van der Waals surface area contributed by atoms with Crippen LogP contribution in [0.2, 0.25) is 5.02 Å². The van der Waals surface area contributed by atoms with Crippen molar-refractivity contribution in [3.63, 3.8) is 0 Å². The minimum atomic E-state index is -0.509. The summed E-state index contributed by atoms with van der Waals surface area (Å²) in [4.78, 5) is 5.79. The summed E-state index contributed by atoms with van der Waals surface area (Å²) in [6.07, 6.45) is 0.998. The molecule has 1 aromatic rings. The Balaban J connectivity index is 3.10. The summed E-state index contributed by atoms with van der Waals surface area (Å²) in [5.41, 5.74) is 5.88. The number of aliphatic hydroxyl groups excluding tert-OH is 1. The van der Waals surface area contributed by atoms with Crippen LogP contribution in [0.15, 0.2) is 17.4 Å². The number of aromatic nitrogens is 1. The predicted octanol–water partition coefficient (Wildman–Crippen LogP) is 0.647. The Bertz CT molecular complexity index is 423. The minimum absolute atomic E-state index is 0.0795. The first-order valence-corrected chi connectivity index (χ1v) is 5.36. The fourth-order valence-electron chi connectivity index (χ4n) is 1.43. The fraction of sp³-hybridized carbons (Fsp3) is 0.400. The molecule has 1 atom stereocenters. The summed E-state index contributed by atoms with van der Waals surface area (Å²) < 4.78 is 0. The molecule has 1 unspecified atom stereocenters. The number of oxime groups is 1. The number of halogens is 1. The lowest BCUT2D eigenvalue weighted by Crippen LogP contribution is -2.28. The van der Waals surface area contributed by atoms with Crippen LogP contribution in [0, 0.1) is 0 Å². The molecule has 0 aliphatic carbocycles. The Morgan fingerprint density at radius 3 is 2.88 bits per heavy atom. The topological polar surface area (TPSA) is 95.0 Å². The Morgan fingerprint density at radius 1 is 1.71 bits per heavy atom. The van der Waals surface area contributed by atoms with Crippen LogP contribution in [0.25, 0.3) is 0 Å². The maximum absolute atomic E-state index is 9.30. The van der Waals surface area contributed by atoms with Crippen LogP contribution in [0.5, 0.6) is 0 Å². The molecule has 0 saturated carbocycles. The van der Waals surface area contributed by atoms with Crippen LogP contribution in [-0.2, 0) is 0 Å². The number of likely N-dealkylation sites (N-methyl/N-ethyl adjacent to an activating group) is 1. The van der Waals surface area contributed by atoms with Crippen molar-refractivity contribution in [2.45, 2.75) is 13.0 Å². The zero-order chi connectivity index (χ0) is 13.0. The highest BCUT2D eigenvalue weighted by Gasteiger charge is 2.15.